The number of carbonyl (C=O) groups excluding carboxylic acids is 2. The van der Waals surface area contributed by atoms with E-state index in [0.717, 1.165) is 24.2 Å². The molecule has 152 valence electrons. The molecular weight excluding hydrogens is 387 g/mol. The van der Waals surface area contributed by atoms with E-state index in [2.05, 4.69) is 12.2 Å². The number of rotatable bonds is 4. The van der Waals surface area contributed by atoms with Crippen LogP contribution in [0.25, 0.3) is 0 Å². The van der Waals surface area contributed by atoms with E-state index in [4.69, 9.17) is 0 Å². The Hall–Kier alpha value is -2.34. The molecule has 1 N–H and O–H groups in total. The van der Waals surface area contributed by atoms with Gasteiger partial charge < -0.3 is 10.2 Å². The lowest BCUT2D eigenvalue weighted by Crippen LogP contribution is -2.41. The number of fused-ring (bicyclic) bond motifs is 1. The summed E-state index contributed by atoms with van der Waals surface area (Å²) >= 11 is 1.46. The molecule has 0 bridgehead atoms. The molecule has 1 heterocycles. The van der Waals surface area contributed by atoms with Crippen LogP contribution < -0.4 is 10.2 Å². The zero-order valence-corrected chi connectivity index (χ0v) is 17.3. The van der Waals surface area contributed by atoms with Crippen molar-refractivity contribution in [2.75, 3.05) is 10.7 Å². The summed E-state index contributed by atoms with van der Waals surface area (Å²) in [4.78, 5) is 28.0. The SMILES string of the molecule is CC1CCCCC1NC(=O)c1ccc2c(c1)N(Cc1ccccc1F)C(=O)CS2. The highest BCUT2D eigenvalue weighted by atomic mass is 32.2. The lowest BCUT2D eigenvalue weighted by atomic mass is 9.86. The summed E-state index contributed by atoms with van der Waals surface area (Å²) < 4.78 is 14.1. The predicted octanol–water partition coefficient (Wildman–Crippen LogP) is 4.77. The fraction of sp³-hybridized carbons (Fsp3) is 0.391. The highest BCUT2D eigenvalue weighted by Crippen LogP contribution is 2.37. The van der Waals surface area contributed by atoms with Gasteiger partial charge in [-0.15, -0.1) is 11.8 Å². The summed E-state index contributed by atoms with van der Waals surface area (Å²) in [5.41, 5.74) is 1.68. The number of hydrogen-bond acceptors (Lipinski definition) is 3. The van der Waals surface area contributed by atoms with Gasteiger partial charge in [0.2, 0.25) is 5.91 Å². The normalized spacial score (nSPS) is 21.6. The molecule has 0 radical (unpaired) electrons. The fourth-order valence-corrected chi connectivity index (χ4v) is 5.01. The Morgan fingerprint density at radius 2 is 2.00 bits per heavy atom. The number of thioether (sulfide) groups is 1. The van der Waals surface area contributed by atoms with Crippen LogP contribution in [0.3, 0.4) is 0 Å². The summed E-state index contributed by atoms with van der Waals surface area (Å²) in [6.45, 7) is 2.34. The fourth-order valence-electron chi connectivity index (χ4n) is 4.10. The number of nitrogens with zero attached hydrogens (tertiary/aromatic N) is 1. The third kappa shape index (κ3) is 4.32. The quantitative estimate of drug-likeness (QED) is 0.787. The molecule has 2 amide bonds. The molecule has 0 aromatic heterocycles. The molecule has 2 aromatic rings. The van der Waals surface area contributed by atoms with Gasteiger partial charge in [-0.1, -0.05) is 38.0 Å². The van der Waals surface area contributed by atoms with Crippen LogP contribution in [0.1, 0.15) is 48.5 Å². The van der Waals surface area contributed by atoms with Crippen molar-refractivity contribution in [3.63, 3.8) is 0 Å². The maximum atomic E-state index is 14.1. The van der Waals surface area contributed by atoms with Gasteiger partial charge in [0.25, 0.3) is 5.91 Å². The van der Waals surface area contributed by atoms with Crippen LogP contribution in [-0.2, 0) is 11.3 Å². The topological polar surface area (TPSA) is 49.4 Å². The predicted molar refractivity (Wildman–Crippen MR) is 114 cm³/mol. The van der Waals surface area contributed by atoms with Crippen LogP contribution >= 0.6 is 11.8 Å². The minimum atomic E-state index is -0.333. The third-order valence-electron chi connectivity index (χ3n) is 5.88. The second kappa shape index (κ2) is 8.57. The Bertz CT molecular complexity index is 933. The van der Waals surface area contributed by atoms with Crippen LogP contribution in [0.5, 0.6) is 0 Å². The van der Waals surface area contributed by atoms with E-state index in [1.165, 1.54) is 24.2 Å². The van der Waals surface area contributed by atoms with E-state index in [1.807, 2.05) is 12.1 Å². The molecule has 1 aliphatic carbocycles. The number of halogens is 1. The summed E-state index contributed by atoms with van der Waals surface area (Å²) in [5, 5.41) is 3.17. The van der Waals surface area contributed by atoms with Crippen molar-refractivity contribution in [2.24, 2.45) is 5.92 Å². The maximum Gasteiger partial charge on any atom is 0.251 e. The largest absolute Gasteiger partial charge is 0.349 e. The van der Waals surface area contributed by atoms with E-state index in [9.17, 15) is 14.0 Å². The lowest BCUT2D eigenvalue weighted by Gasteiger charge is -2.31. The number of benzene rings is 2. The van der Waals surface area contributed by atoms with Gasteiger partial charge in [0, 0.05) is 22.1 Å². The first-order valence-electron chi connectivity index (χ1n) is 10.1. The minimum absolute atomic E-state index is 0.0794. The first-order chi connectivity index (χ1) is 14.0. The Morgan fingerprint density at radius 1 is 1.21 bits per heavy atom. The summed E-state index contributed by atoms with van der Waals surface area (Å²) in [5.74, 6) is 0.261. The summed E-state index contributed by atoms with van der Waals surface area (Å²) in [6, 6.07) is 12.1. The lowest BCUT2D eigenvalue weighted by molar-refractivity contribution is -0.116. The van der Waals surface area contributed by atoms with Crippen molar-refractivity contribution in [2.45, 2.75) is 50.1 Å². The number of anilines is 1. The van der Waals surface area contributed by atoms with Crippen molar-refractivity contribution in [1.82, 2.24) is 5.32 Å². The molecule has 2 atom stereocenters. The average molecular weight is 413 g/mol. The summed E-state index contributed by atoms with van der Waals surface area (Å²) in [6.07, 6.45) is 4.50. The van der Waals surface area contributed by atoms with Gasteiger partial charge in [0.15, 0.2) is 0 Å². The molecule has 0 saturated heterocycles. The Labute approximate surface area is 174 Å². The monoisotopic (exact) mass is 412 g/mol. The molecule has 29 heavy (non-hydrogen) atoms. The second-order valence-corrected chi connectivity index (χ2v) is 8.90. The summed E-state index contributed by atoms with van der Waals surface area (Å²) in [7, 11) is 0. The second-order valence-electron chi connectivity index (χ2n) is 7.88. The smallest absolute Gasteiger partial charge is 0.251 e. The molecule has 6 heteroatoms. The molecule has 4 rings (SSSR count). The van der Waals surface area contributed by atoms with Crippen molar-refractivity contribution in [3.05, 3.63) is 59.4 Å². The minimum Gasteiger partial charge on any atom is -0.349 e. The maximum absolute atomic E-state index is 14.1. The average Bonchev–Trinajstić information content (AvgIpc) is 2.73. The molecule has 1 fully saturated rings. The van der Waals surface area contributed by atoms with E-state index < -0.39 is 0 Å². The third-order valence-corrected chi connectivity index (χ3v) is 6.93. The van der Waals surface area contributed by atoms with Gasteiger partial charge in [-0.25, -0.2) is 4.39 Å². The van der Waals surface area contributed by atoms with Gasteiger partial charge in [-0.2, -0.15) is 0 Å². The highest BCUT2D eigenvalue weighted by Gasteiger charge is 2.28. The van der Waals surface area contributed by atoms with Crippen molar-refractivity contribution < 1.29 is 14.0 Å². The van der Waals surface area contributed by atoms with Gasteiger partial charge in [-0.3, -0.25) is 9.59 Å². The van der Waals surface area contributed by atoms with Crippen LogP contribution in [0.2, 0.25) is 0 Å². The van der Waals surface area contributed by atoms with Crippen LogP contribution in [0.4, 0.5) is 10.1 Å². The Morgan fingerprint density at radius 3 is 2.79 bits per heavy atom. The van der Waals surface area contributed by atoms with Gasteiger partial charge in [0.05, 0.1) is 18.0 Å². The van der Waals surface area contributed by atoms with E-state index in [1.54, 1.807) is 29.2 Å². The first kappa shape index (κ1) is 20.0. The first-order valence-corrected chi connectivity index (χ1v) is 11.1. The molecule has 1 aliphatic heterocycles. The molecule has 2 aromatic carbocycles. The number of nitrogens with one attached hydrogen (secondary N) is 1. The molecule has 2 aliphatic rings. The standard InChI is InChI=1S/C23H25FN2O2S/c1-15-6-2-5-9-19(15)25-23(28)16-10-11-21-20(12-16)26(22(27)14-29-21)13-17-7-3-4-8-18(17)24/h3-4,7-8,10-12,15,19H,2,5-6,9,13-14H2,1H3,(H,25,28). The van der Waals surface area contributed by atoms with Crippen LogP contribution in [0, 0.1) is 11.7 Å². The van der Waals surface area contributed by atoms with Gasteiger partial charge >= 0.3 is 0 Å². The molecule has 0 spiro atoms. The number of hydrogen-bond donors (Lipinski definition) is 1. The highest BCUT2D eigenvalue weighted by molar-refractivity contribution is 8.00. The molecular formula is C23H25FN2O2S. The van der Waals surface area contributed by atoms with Crippen molar-refractivity contribution in [3.8, 4) is 0 Å². The Balaban J connectivity index is 1.58. The number of carbonyl (C=O) groups is 2. The van der Waals surface area contributed by atoms with Gasteiger partial charge in [-0.05, 0) is 43.0 Å². The zero-order chi connectivity index (χ0) is 20.4. The van der Waals surface area contributed by atoms with Crippen molar-refractivity contribution in [1.29, 1.82) is 0 Å². The molecule has 1 saturated carbocycles. The number of amides is 2. The van der Waals surface area contributed by atoms with Crippen LogP contribution in [-0.4, -0.2) is 23.6 Å². The van der Waals surface area contributed by atoms with E-state index in [0.29, 0.717) is 28.5 Å². The molecule has 4 nitrogen and oxygen atoms in total. The Kier molecular flexibility index (Phi) is 5.90. The van der Waals surface area contributed by atoms with Gasteiger partial charge in [0.1, 0.15) is 5.82 Å². The van der Waals surface area contributed by atoms with Crippen LogP contribution in [0.15, 0.2) is 47.4 Å². The molecule has 2 unspecified atom stereocenters. The van der Waals surface area contributed by atoms with E-state index >= 15 is 0 Å². The van der Waals surface area contributed by atoms with E-state index in [-0.39, 0.29) is 30.2 Å². The van der Waals surface area contributed by atoms with Crippen molar-refractivity contribution >= 4 is 29.3 Å². The zero-order valence-electron chi connectivity index (χ0n) is 16.5.